The number of carbonyl (C=O) groups is 4. The second-order valence-corrected chi connectivity index (χ2v) is 12.7. The zero-order chi connectivity index (χ0) is 31.9. The van der Waals surface area contributed by atoms with E-state index in [1.54, 1.807) is 34.6 Å². The molecule has 1 aromatic heterocycles. The van der Waals surface area contributed by atoms with Crippen LogP contribution < -0.4 is 16.4 Å². The first-order valence-electron chi connectivity index (χ1n) is 13.9. The number of ether oxygens (including phenoxy) is 2. The number of benzene rings is 1. The number of alkyl halides is 3. The second-order valence-electron chi connectivity index (χ2n) is 12.7. The number of ketones is 1. The van der Waals surface area contributed by atoms with Crippen LogP contribution in [0.25, 0.3) is 5.69 Å². The van der Waals surface area contributed by atoms with E-state index in [1.807, 2.05) is 0 Å². The fraction of sp³-hybridized carbons (Fsp3) is 0.552. The predicted octanol–water partition coefficient (Wildman–Crippen LogP) is 4.55. The number of esters is 1. The lowest BCUT2D eigenvalue weighted by atomic mass is 9.75. The molecule has 2 aromatic rings. The lowest BCUT2D eigenvalue weighted by Crippen LogP contribution is -2.39. The molecule has 0 spiro atoms. The molecule has 14 heteroatoms. The molecule has 0 aliphatic heterocycles. The van der Waals surface area contributed by atoms with Gasteiger partial charge in [-0.15, -0.1) is 0 Å². The fourth-order valence-electron chi connectivity index (χ4n) is 5.46. The molecule has 0 radical (unpaired) electrons. The normalized spacial score (nSPS) is 19.9. The van der Waals surface area contributed by atoms with Gasteiger partial charge >= 0.3 is 18.2 Å². The molecule has 1 aromatic carbocycles. The van der Waals surface area contributed by atoms with Crippen LogP contribution in [0.2, 0.25) is 0 Å². The number of amides is 2. The summed E-state index contributed by atoms with van der Waals surface area (Å²) in [6.45, 7) is 8.24. The van der Waals surface area contributed by atoms with Gasteiger partial charge in [-0.2, -0.15) is 18.3 Å². The number of anilines is 1. The minimum Gasteiger partial charge on any atom is -0.459 e. The number of hydrogen-bond donors (Lipinski definition) is 3. The summed E-state index contributed by atoms with van der Waals surface area (Å²) in [5.41, 5.74) is 3.19. The highest BCUT2D eigenvalue weighted by atomic mass is 19.4. The number of primary amides is 1. The SMILES string of the molecule is CC1(C)CC(=O)c2c(C(F)(F)F)nn(-c3ccc(C(N)=O)c(NC4CCCC4OC(=O)CNC(=O)OC(C)(C)C)c3)c2C1. The van der Waals surface area contributed by atoms with Crippen molar-refractivity contribution < 1.29 is 41.8 Å². The van der Waals surface area contributed by atoms with Crippen LogP contribution in [0.4, 0.5) is 23.7 Å². The van der Waals surface area contributed by atoms with Crippen LogP contribution in [-0.2, 0) is 26.9 Å². The zero-order valence-electron chi connectivity index (χ0n) is 24.7. The van der Waals surface area contributed by atoms with E-state index in [4.69, 9.17) is 15.2 Å². The number of halogens is 3. The van der Waals surface area contributed by atoms with E-state index >= 15 is 0 Å². The Balaban J connectivity index is 1.60. The molecule has 234 valence electrons. The molecule has 2 aliphatic carbocycles. The third-order valence-electron chi connectivity index (χ3n) is 7.18. The number of nitrogens with two attached hydrogens (primary N) is 1. The van der Waals surface area contributed by atoms with Gasteiger partial charge in [0.1, 0.15) is 18.2 Å². The molecule has 4 N–H and O–H groups in total. The van der Waals surface area contributed by atoms with Crippen LogP contribution in [0.5, 0.6) is 0 Å². The average Bonchev–Trinajstić information content (AvgIpc) is 3.45. The van der Waals surface area contributed by atoms with Crippen molar-refractivity contribution in [2.24, 2.45) is 11.1 Å². The van der Waals surface area contributed by atoms with Crippen LogP contribution in [0, 0.1) is 5.41 Å². The standard InChI is InChI=1S/C29H36F3N5O6/c1-27(2,3)43-26(41)34-14-22(39)42-21-8-6-7-17(21)35-18-11-15(9-10-16(18)25(33)40)37-19-12-28(4,5)13-20(38)23(19)24(36-37)29(30,31)32/h9-11,17,21,35H,6-8,12-14H2,1-5H3,(H2,33,40)(H,34,41). The molecule has 2 unspecified atom stereocenters. The van der Waals surface area contributed by atoms with Gasteiger partial charge in [-0.1, -0.05) is 13.8 Å². The Bertz CT molecular complexity index is 1440. The topological polar surface area (TPSA) is 155 Å². The molecule has 43 heavy (non-hydrogen) atoms. The smallest absolute Gasteiger partial charge is 0.435 e. The first-order chi connectivity index (χ1) is 19.8. The summed E-state index contributed by atoms with van der Waals surface area (Å²) in [7, 11) is 0. The first-order valence-corrected chi connectivity index (χ1v) is 13.9. The Morgan fingerprint density at radius 3 is 2.47 bits per heavy atom. The largest absolute Gasteiger partial charge is 0.459 e. The maximum absolute atomic E-state index is 13.9. The number of alkyl carbamates (subject to hydrolysis) is 1. The minimum atomic E-state index is -4.85. The Kier molecular flexibility index (Phi) is 8.53. The molecular weight excluding hydrogens is 571 g/mol. The molecule has 0 bridgehead atoms. The Morgan fingerprint density at radius 2 is 1.84 bits per heavy atom. The number of fused-ring (bicyclic) bond motifs is 1. The van der Waals surface area contributed by atoms with Crippen molar-refractivity contribution in [3.05, 3.63) is 40.7 Å². The predicted molar refractivity (Wildman–Crippen MR) is 149 cm³/mol. The molecule has 4 rings (SSSR count). The number of Topliss-reactive ketones (excluding diaryl/α,β-unsaturated/α-hetero) is 1. The van der Waals surface area contributed by atoms with Crippen molar-refractivity contribution in [3.8, 4) is 5.69 Å². The van der Waals surface area contributed by atoms with Gasteiger partial charge in [0.25, 0.3) is 5.91 Å². The van der Waals surface area contributed by atoms with Crippen molar-refractivity contribution in [1.82, 2.24) is 15.1 Å². The molecule has 1 saturated carbocycles. The van der Waals surface area contributed by atoms with Crippen molar-refractivity contribution in [2.45, 2.75) is 90.6 Å². The molecule has 1 fully saturated rings. The summed E-state index contributed by atoms with van der Waals surface area (Å²) in [6, 6.07) is 3.77. The van der Waals surface area contributed by atoms with Gasteiger partial charge in [0.05, 0.1) is 28.6 Å². The third-order valence-corrected chi connectivity index (χ3v) is 7.18. The molecule has 0 saturated heterocycles. The van der Waals surface area contributed by atoms with Gasteiger partial charge in [0.2, 0.25) is 0 Å². The molecule has 2 atom stereocenters. The van der Waals surface area contributed by atoms with E-state index in [2.05, 4.69) is 15.7 Å². The average molecular weight is 608 g/mol. The van der Waals surface area contributed by atoms with E-state index in [9.17, 15) is 32.3 Å². The van der Waals surface area contributed by atoms with Gasteiger partial charge in [0.15, 0.2) is 11.5 Å². The van der Waals surface area contributed by atoms with Crippen LogP contribution >= 0.6 is 0 Å². The van der Waals surface area contributed by atoms with Gasteiger partial charge in [-0.25, -0.2) is 9.48 Å². The van der Waals surface area contributed by atoms with Crippen LogP contribution in [0.1, 0.15) is 92.4 Å². The highest BCUT2D eigenvalue weighted by molar-refractivity contribution is 6.00. The molecule has 1 heterocycles. The summed E-state index contributed by atoms with van der Waals surface area (Å²) in [5.74, 6) is -2.10. The second kappa shape index (κ2) is 11.5. The monoisotopic (exact) mass is 607 g/mol. The van der Waals surface area contributed by atoms with Crippen LogP contribution in [0.15, 0.2) is 18.2 Å². The molecule has 2 amide bonds. The van der Waals surface area contributed by atoms with Crippen molar-refractivity contribution in [2.75, 3.05) is 11.9 Å². The lowest BCUT2D eigenvalue weighted by Gasteiger charge is -2.29. The lowest BCUT2D eigenvalue weighted by molar-refractivity contribution is -0.148. The number of rotatable bonds is 7. The minimum absolute atomic E-state index is 0.0444. The highest BCUT2D eigenvalue weighted by Gasteiger charge is 2.45. The third kappa shape index (κ3) is 7.46. The number of nitrogens with zero attached hydrogens (tertiary/aromatic N) is 2. The van der Waals surface area contributed by atoms with E-state index in [1.165, 1.54) is 18.2 Å². The molecular formula is C29H36F3N5O6. The number of nitrogens with one attached hydrogen (secondary N) is 2. The Labute approximate surface area is 246 Å². The van der Waals surface area contributed by atoms with Gasteiger partial charge in [-0.3, -0.25) is 14.4 Å². The maximum Gasteiger partial charge on any atom is 0.435 e. The summed E-state index contributed by atoms with van der Waals surface area (Å²) in [5, 5.41) is 9.34. The zero-order valence-corrected chi connectivity index (χ0v) is 24.7. The number of aromatic nitrogens is 2. The first kappa shape index (κ1) is 31.8. The van der Waals surface area contributed by atoms with Crippen molar-refractivity contribution in [3.63, 3.8) is 0 Å². The summed E-state index contributed by atoms with van der Waals surface area (Å²) >= 11 is 0. The van der Waals surface area contributed by atoms with Crippen LogP contribution in [0.3, 0.4) is 0 Å². The van der Waals surface area contributed by atoms with E-state index in [0.717, 1.165) is 4.68 Å². The van der Waals surface area contributed by atoms with E-state index in [0.29, 0.717) is 19.3 Å². The summed E-state index contributed by atoms with van der Waals surface area (Å²) in [4.78, 5) is 49.4. The van der Waals surface area contributed by atoms with Gasteiger partial charge < -0.3 is 25.8 Å². The number of carbonyl (C=O) groups excluding carboxylic acids is 4. The number of hydrogen-bond acceptors (Lipinski definition) is 8. The molecule has 2 aliphatic rings. The maximum atomic E-state index is 13.9. The van der Waals surface area contributed by atoms with Gasteiger partial charge in [0, 0.05) is 12.1 Å². The van der Waals surface area contributed by atoms with E-state index < -0.39 is 70.9 Å². The summed E-state index contributed by atoms with van der Waals surface area (Å²) < 4.78 is 53.6. The van der Waals surface area contributed by atoms with Crippen molar-refractivity contribution >= 4 is 29.4 Å². The van der Waals surface area contributed by atoms with Crippen LogP contribution in [-0.4, -0.2) is 57.8 Å². The summed E-state index contributed by atoms with van der Waals surface area (Å²) in [6.07, 6.45) is -4.37. The van der Waals surface area contributed by atoms with Crippen molar-refractivity contribution in [1.29, 1.82) is 0 Å². The van der Waals surface area contributed by atoms with Gasteiger partial charge in [-0.05, 0) is 70.1 Å². The Hall–Kier alpha value is -4.10. The highest BCUT2D eigenvalue weighted by Crippen LogP contribution is 2.42. The fourth-order valence-corrected chi connectivity index (χ4v) is 5.46. The quantitative estimate of drug-likeness (QED) is 0.388. The Morgan fingerprint density at radius 1 is 1.14 bits per heavy atom. The van der Waals surface area contributed by atoms with E-state index in [-0.39, 0.29) is 35.5 Å². The molecule has 11 nitrogen and oxygen atoms in total.